The van der Waals surface area contributed by atoms with Gasteiger partial charge < -0.3 is 14.5 Å². The van der Waals surface area contributed by atoms with E-state index in [1.165, 1.54) is 16.8 Å². The van der Waals surface area contributed by atoms with E-state index < -0.39 is 5.41 Å². The minimum Gasteiger partial charge on any atom is -0.455 e. The molecule has 1 fully saturated rings. The van der Waals surface area contributed by atoms with Gasteiger partial charge in [-0.1, -0.05) is 42.5 Å². The Bertz CT molecular complexity index is 869. The molecular formula is C24H30N2O3. The first-order chi connectivity index (χ1) is 13.8. The Morgan fingerprint density at radius 1 is 0.931 bits per heavy atom. The Morgan fingerprint density at radius 2 is 1.59 bits per heavy atom. The van der Waals surface area contributed by atoms with Crippen LogP contribution in [0.2, 0.25) is 0 Å². The molecule has 0 bridgehead atoms. The van der Waals surface area contributed by atoms with Crippen molar-refractivity contribution in [1.82, 2.24) is 4.90 Å². The number of piperazine rings is 1. The van der Waals surface area contributed by atoms with E-state index in [1.54, 1.807) is 4.90 Å². The Balaban J connectivity index is 1.52. The fraction of sp³-hybridized carbons (Fsp3) is 0.417. The minimum absolute atomic E-state index is 0.136. The van der Waals surface area contributed by atoms with Crippen molar-refractivity contribution in [1.29, 1.82) is 0 Å². The van der Waals surface area contributed by atoms with E-state index in [4.69, 9.17) is 4.74 Å². The van der Waals surface area contributed by atoms with Gasteiger partial charge in [-0.05, 0) is 50.5 Å². The molecule has 5 nitrogen and oxygen atoms in total. The Morgan fingerprint density at radius 3 is 2.24 bits per heavy atom. The van der Waals surface area contributed by atoms with Gasteiger partial charge in [0.2, 0.25) is 0 Å². The molecule has 1 saturated heterocycles. The predicted molar refractivity (Wildman–Crippen MR) is 115 cm³/mol. The lowest BCUT2D eigenvalue weighted by Gasteiger charge is -2.37. The van der Waals surface area contributed by atoms with Crippen molar-refractivity contribution in [3.8, 4) is 0 Å². The number of carbonyl (C=O) groups is 2. The van der Waals surface area contributed by atoms with Gasteiger partial charge in [-0.3, -0.25) is 9.59 Å². The Labute approximate surface area is 173 Å². The second-order valence-electron chi connectivity index (χ2n) is 8.15. The van der Waals surface area contributed by atoms with Crippen molar-refractivity contribution >= 4 is 17.6 Å². The molecule has 1 heterocycles. The molecule has 0 saturated carbocycles. The first-order valence-electron chi connectivity index (χ1n) is 10.1. The van der Waals surface area contributed by atoms with Gasteiger partial charge in [-0.25, -0.2) is 0 Å². The number of anilines is 1. The molecule has 0 N–H and O–H groups in total. The van der Waals surface area contributed by atoms with Crippen LogP contribution in [0.15, 0.2) is 48.5 Å². The highest BCUT2D eigenvalue weighted by Crippen LogP contribution is 2.25. The van der Waals surface area contributed by atoms with Crippen LogP contribution in [0.25, 0.3) is 0 Å². The molecule has 29 heavy (non-hydrogen) atoms. The van der Waals surface area contributed by atoms with E-state index in [2.05, 4.69) is 36.9 Å². The lowest BCUT2D eigenvalue weighted by atomic mass is 9.85. The third kappa shape index (κ3) is 4.61. The van der Waals surface area contributed by atoms with Crippen molar-refractivity contribution in [3.05, 3.63) is 65.2 Å². The molecule has 0 radical (unpaired) electrons. The summed E-state index contributed by atoms with van der Waals surface area (Å²) < 4.78 is 5.38. The molecule has 5 heteroatoms. The third-order valence-electron chi connectivity index (χ3n) is 5.88. The van der Waals surface area contributed by atoms with Crippen LogP contribution in [-0.2, 0) is 19.7 Å². The zero-order valence-corrected chi connectivity index (χ0v) is 17.8. The van der Waals surface area contributed by atoms with Gasteiger partial charge in [0.25, 0.3) is 5.91 Å². The van der Waals surface area contributed by atoms with E-state index in [-0.39, 0.29) is 18.5 Å². The highest BCUT2D eigenvalue weighted by atomic mass is 16.5. The highest BCUT2D eigenvalue weighted by molar-refractivity contribution is 5.85. The predicted octanol–water partition coefficient (Wildman–Crippen LogP) is 3.47. The molecule has 154 valence electrons. The van der Waals surface area contributed by atoms with Crippen molar-refractivity contribution in [3.63, 3.8) is 0 Å². The van der Waals surface area contributed by atoms with Crippen LogP contribution < -0.4 is 4.90 Å². The second-order valence-corrected chi connectivity index (χ2v) is 8.15. The smallest absolute Gasteiger partial charge is 0.316 e. The lowest BCUT2D eigenvalue weighted by molar-refractivity contribution is -0.156. The van der Waals surface area contributed by atoms with Gasteiger partial charge >= 0.3 is 5.97 Å². The van der Waals surface area contributed by atoms with Gasteiger partial charge in [0.1, 0.15) is 0 Å². The summed E-state index contributed by atoms with van der Waals surface area (Å²) in [5.41, 5.74) is 3.87. The maximum Gasteiger partial charge on any atom is 0.316 e. The molecule has 1 aliphatic heterocycles. The number of benzene rings is 2. The average Bonchev–Trinajstić information content (AvgIpc) is 2.74. The summed E-state index contributed by atoms with van der Waals surface area (Å²) in [5.74, 6) is -0.520. The molecule has 0 aliphatic carbocycles. The summed E-state index contributed by atoms with van der Waals surface area (Å²) in [4.78, 5) is 29.2. The third-order valence-corrected chi connectivity index (χ3v) is 5.88. The van der Waals surface area contributed by atoms with Crippen LogP contribution in [0, 0.1) is 13.8 Å². The van der Waals surface area contributed by atoms with E-state index in [0.29, 0.717) is 13.1 Å². The first-order valence-corrected chi connectivity index (χ1v) is 10.1. The topological polar surface area (TPSA) is 49.9 Å². The number of aryl methyl sites for hydroxylation is 1. The van der Waals surface area contributed by atoms with Crippen LogP contribution in [0.4, 0.5) is 5.69 Å². The molecule has 0 atom stereocenters. The highest BCUT2D eigenvalue weighted by Gasteiger charge is 2.32. The maximum atomic E-state index is 12.6. The second kappa shape index (κ2) is 8.68. The van der Waals surface area contributed by atoms with Crippen molar-refractivity contribution in [2.75, 3.05) is 37.7 Å². The number of amides is 1. The molecule has 2 aromatic rings. The standard InChI is InChI=1S/C24H30N2O3/c1-18-9-8-12-21(19(18)2)25-13-15-26(16-14-25)22(27)17-29-23(28)24(3,4)20-10-6-5-7-11-20/h5-12H,13-17H2,1-4H3. The van der Waals surface area contributed by atoms with Gasteiger partial charge in [0.15, 0.2) is 6.61 Å². The number of ether oxygens (including phenoxy) is 1. The molecule has 0 unspecified atom stereocenters. The van der Waals surface area contributed by atoms with E-state index >= 15 is 0 Å². The molecule has 1 amide bonds. The number of hydrogen-bond donors (Lipinski definition) is 0. The molecule has 0 spiro atoms. The summed E-state index contributed by atoms with van der Waals surface area (Å²) in [6, 6.07) is 15.8. The lowest BCUT2D eigenvalue weighted by Crippen LogP contribution is -2.50. The summed E-state index contributed by atoms with van der Waals surface area (Å²) in [7, 11) is 0. The van der Waals surface area contributed by atoms with Crippen LogP contribution in [0.5, 0.6) is 0 Å². The van der Waals surface area contributed by atoms with Crippen LogP contribution in [0.1, 0.15) is 30.5 Å². The number of rotatable bonds is 5. The summed E-state index contributed by atoms with van der Waals surface area (Å²) in [6.45, 7) is 10.5. The average molecular weight is 395 g/mol. The SMILES string of the molecule is Cc1cccc(N2CCN(C(=O)COC(=O)C(C)(C)c3ccccc3)CC2)c1C. The summed E-state index contributed by atoms with van der Waals surface area (Å²) in [5, 5.41) is 0. The Kier molecular flexibility index (Phi) is 6.26. The number of esters is 1. The maximum absolute atomic E-state index is 12.6. The number of carbonyl (C=O) groups excluding carboxylic acids is 2. The quantitative estimate of drug-likeness (QED) is 0.729. The van der Waals surface area contributed by atoms with Crippen LogP contribution in [-0.4, -0.2) is 49.6 Å². The molecule has 2 aromatic carbocycles. The van der Waals surface area contributed by atoms with Gasteiger partial charge in [0.05, 0.1) is 5.41 Å². The Hall–Kier alpha value is -2.82. The molecule has 1 aliphatic rings. The monoisotopic (exact) mass is 394 g/mol. The fourth-order valence-electron chi connectivity index (χ4n) is 3.65. The van der Waals surface area contributed by atoms with Crippen molar-refractivity contribution < 1.29 is 14.3 Å². The summed E-state index contributed by atoms with van der Waals surface area (Å²) >= 11 is 0. The van der Waals surface area contributed by atoms with Gasteiger partial charge in [-0.15, -0.1) is 0 Å². The van der Waals surface area contributed by atoms with Gasteiger partial charge in [-0.2, -0.15) is 0 Å². The largest absolute Gasteiger partial charge is 0.455 e. The first kappa shape index (κ1) is 20.9. The van der Waals surface area contributed by atoms with E-state index in [9.17, 15) is 9.59 Å². The van der Waals surface area contributed by atoms with Gasteiger partial charge in [0, 0.05) is 31.9 Å². The molecule has 3 rings (SSSR count). The fourth-order valence-corrected chi connectivity index (χ4v) is 3.65. The number of nitrogens with zero attached hydrogens (tertiary/aromatic N) is 2. The molecule has 0 aromatic heterocycles. The van der Waals surface area contributed by atoms with Crippen LogP contribution in [0.3, 0.4) is 0 Å². The normalized spacial score (nSPS) is 14.6. The minimum atomic E-state index is -0.789. The zero-order valence-electron chi connectivity index (χ0n) is 17.8. The van der Waals surface area contributed by atoms with Crippen molar-refractivity contribution in [2.45, 2.75) is 33.1 Å². The van der Waals surface area contributed by atoms with E-state index in [1.807, 2.05) is 44.2 Å². The molecular weight excluding hydrogens is 364 g/mol. The number of hydrogen-bond acceptors (Lipinski definition) is 4. The van der Waals surface area contributed by atoms with Crippen LogP contribution >= 0.6 is 0 Å². The van der Waals surface area contributed by atoms with E-state index in [0.717, 1.165) is 18.7 Å². The summed E-state index contributed by atoms with van der Waals surface area (Å²) in [6.07, 6.45) is 0. The van der Waals surface area contributed by atoms with Crippen molar-refractivity contribution in [2.24, 2.45) is 0 Å². The zero-order chi connectivity index (χ0) is 21.0.